The number of carbonyl (C=O) groups excluding carboxylic acids is 2. The summed E-state index contributed by atoms with van der Waals surface area (Å²) in [4.78, 5) is 23.1. The Morgan fingerprint density at radius 3 is 2.42 bits per heavy atom. The molecular formula is C18H20ClN3O2. The third kappa shape index (κ3) is 5.59. The molecule has 2 rings (SSSR count). The van der Waals surface area contributed by atoms with Crippen molar-refractivity contribution in [2.45, 2.75) is 20.3 Å². The van der Waals surface area contributed by atoms with Crippen LogP contribution in [0.15, 0.2) is 42.5 Å². The smallest absolute Gasteiger partial charge is 0.226 e. The number of aryl methyl sites for hydroxylation is 1. The van der Waals surface area contributed by atoms with Gasteiger partial charge in [-0.05, 0) is 48.9 Å². The number of carbonyl (C=O) groups is 2. The van der Waals surface area contributed by atoms with Crippen LogP contribution in [0.3, 0.4) is 0 Å². The number of benzene rings is 2. The number of amides is 2. The van der Waals surface area contributed by atoms with Gasteiger partial charge >= 0.3 is 0 Å². The molecule has 24 heavy (non-hydrogen) atoms. The molecule has 0 bridgehead atoms. The maximum atomic E-state index is 12.0. The lowest BCUT2D eigenvalue weighted by Crippen LogP contribution is -2.16. The fourth-order valence-corrected chi connectivity index (χ4v) is 2.46. The molecule has 0 saturated heterocycles. The Bertz CT molecular complexity index is 747. The van der Waals surface area contributed by atoms with Gasteiger partial charge in [-0.1, -0.05) is 17.7 Å². The molecule has 0 aliphatic rings. The van der Waals surface area contributed by atoms with Crippen molar-refractivity contribution in [2.24, 2.45) is 0 Å². The first-order valence-electron chi connectivity index (χ1n) is 7.61. The maximum Gasteiger partial charge on any atom is 0.226 e. The zero-order valence-corrected chi connectivity index (χ0v) is 14.4. The molecule has 0 aromatic heterocycles. The van der Waals surface area contributed by atoms with Gasteiger partial charge in [0, 0.05) is 42.0 Å². The first kappa shape index (κ1) is 17.8. The van der Waals surface area contributed by atoms with Crippen molar-refractivity contribution < 1.29 is 9.59 Å². The fraction of sp³-hybridized carbons (Fsp3) is 0.222. The predicted octanol–water partition coefficient (Wildman–Crippen LogP) is 4.05. The number of hydrogen-bond acceptors (Lipinski definition) is 3. The highest BCUT2D eigenvalue weighted by molar-refractivity contribution is 6.30. The second-order valence-electron chi connectivity index (χ2n) is 5.45. The van der Waals surface area contributed by atoms with E-state index in [-0.39, 0.29) is 11.8 Å². The average Bonchev–Trinajstić information content (AvgIpc) is 2.49. The third-order valence-corrected chi connectivity index (χ3v) is 3.56. The van der Waals surface area contributed by atoms with Gasteiger partial charge in [0.15, 0.2) is 0 Å². The molecule has 2 aromatic carbocycles. The molecule has 0 saturated carbocycles. The third-order valence-electron chi connectivity index (χ3n) is 3.32. The van der Waals surface area contributed by atoms with Gasteiger partial charge in [-0.25, -0.2) is 0 Å². The molecule has 0 atom stereocenters. The van der Waals surface area contributed by atoms with Gasteiger partial charge in [-0.2, -0.15) is 0 Å². The second kappa shape index (κ2) is 8.36. The number of nitrogens with one attached hydrogen (secondary N) is 3. The number of anilines is 3. The average molecular weight is 346 g/mol. The molecular weight excluding hydrogens is 326 g/mol. The molecule has 6 heteroatoms. The second-order valence-corrected chi connectivity index (χ2v) is 5.88. The topological polar surface area (TPSA) is 70.2 Å². The Hall–Kier alpha value is -2.53. The van der Waals surface area contributed by atoms with Crippen molar-refractivity contribution in [1.29, 1.82) is 0 Å². The van der Waals surface area contributed by atoms with Crippen molar-refractivity contribution in [3.63, 3.8) is 0 Å². The first-order chi connectivity index (χ1) is 11.4. The monoisotopic (exact) mass is 345 g/mol. The highest BCUT2D eigenvalue weighted by Gasteiger charge is 2.05. The summed E-state index contributed by atoms with van der Waals surface area (Å²) in [5.74, 6) is -0.255. The molecule has 5 nitrogen and oxygen atoms in total. The Morgan fingerprint density at radius 1 is 1.04 bits per heavy atom. The number of rotatable bonds is 6. The van der Waals surface area contributed by atoms with Crippen LogP contribution in [0.2, 0.25) is 5.02 Å². The van der Waals surface area contributed by atoms with Gasteiger partial charge in [-0.3, -0.25) is 9.59 Å². The fourth-order valence-electron chi connectivity index (χ4n) is 2.24. The molecule has 2 aromatic rings. The van der Waals surface area contributed by atoms with Crippen LogP contribution in [0.4, 0.5) is 17.1 Å². The zero-order valence-electron chi connectivity index (χ0n) is 13.7. The van der Waals surface area contributed by atoms with E-state index < -0.39 is 0 Å². The van der Waals surface area contributed by atoms with E-state index in [2.05, 4.69) is 16.0 Å². The normalized spacial score (nSPS) is 10.1. The van der Waals surface area contributed by atoms with E-state index in [9.17, 15) is 9.59 Å². The Balaban J connectivity index is 1.84. The summed E-state index contributed by atoms with van der Waals surface area (Å²) >= 11 is 5.92. The first-order valence-corrected chi connectivity index (χ1v) is 7.99. The molecule has 3 N–H and O–H groups in total. The van der Waals surface area contributed by atoms with E-state index in [4.69, 9.17) is 11.6 Å². The quantitative estimate of drug-likeness (QED) is 0.739. The molecule has 0 aliphatic heterocycles. The molecule has 0 aliphatic carbocycles. The van der Waals surface area contributed by atoms with E-state index in [0.717, 1.165) is 11.3 Å². The standard InChI is InChI=1S/C18H20ClN3O2/c1-12-10-14(19)6-7-17(12)20-9-8-18(24)22-16-5-3-4-15(11-16)21-13(2)23/h3-7,10-11,20H,8-9H2,1-2H3,(H,21,23)(H,22,24). The van der Waals surface area contributed by atoms with Gasteiger partial charge in [0.1, 0.15) is 0 Å². The van der Waals surface area contributed by atoms with Gasteiger partial charge in [-0.15, -0.1) is 0 Å². The molecule has 0 heterocycles. The molecule has 0 radical (unpaired) electrons. The van der Waals surface area contributed by atoms with Crippen LogP contribution in [0.1, 0.15) is 18.9 Å². The molecule has 0 spiro atoms. The highest BCUT2D eigenvalue weighted by atomic mass is 35.5. The Morgan fingerprint density at radius 2 is 1.75 bits per heavy atom. The summed E-state index contributed by atoms with van der Waals surface area (Å²) in [6.45, 7) is 3.91. The molecule has 126 valence electrons. The van der Waals surface area contributed by atoms with Gasteiger partial charge in [0.05, 0.1) is 0 Å². The lowest BCUT2D eigenvalue weighted by molar-refractivity contribution is -0.116. The summed E-state index contributed by atoms with van der Waals surface area (Å²) in [6, 6.07) is 12.6. The van der Waals surface area contributed by atoms with E-state index in [1.165, 1.54) is 6.92 Å². The van der Waals surface area contributed by atoms with Crippen molar-refractivity contribution in [3.8, 4) is 0 Å². The van der Waals surface area contributed by atoms with E-state index >= 15 is 0 Å². The van der Waals surface area contributed by atoms with Crippen LogP contribution >= 0.6 is 11.6 Å². The lowest BCUT2D eigenvalue weighted by Gasteiger charge is -2.11. The molecule has 0 fully saturated rings. The van der Waals surface area contributed by atoms with Crippen molar-refractivity contribution in [1.82, 2.24) is 0 Å². The van der Waals surface area contributed by atoms with Crippen LogP contribution < -0.4 is 16.0 Å². The van der Waals surface area contributed by atoms with Crippen LogP contribution in [0, 0.1) is 6.92 Å². The lowest BCUT2D eigenvalue weighted by atomic mass is 10.2. The van der Waals surface area contributed by atoms with Crippen LogP contribution in [0.25, 0.3) is 0 Å². The van der Waals surface area contributed by atoms with Crippen LogP contribution in [-0.2, 0) is 9.59 Å². The zero-order chi connectivity index (χ0) is 17.5. The molecule has 2 amide bonds. The number of halogens is 1. The Kier molecular flexibility index (Phi) is 6.21. The minimum atomic E-state index is -0.152. The summed E-state index contributed by atoms with van der Waals surface area (Å²) in [5.41, 5.74) is 3.29. The van der Waals surface area contributed by atoms with Crippen LogP contribution in [0.5, 0.6) is 0 Å². The van der Waals surface area contributed by atoms with Gasteiger partial charge < -0.3 is 16.0 Å². The van der Waals surface area contributed by atoms with Crippen molar-refractivity contribution in [3.05, 3.63) is 53.1 Å². The molecule has 0 unspecified atom stereocenters. The van der Waals surface area contributed by atoms with E-state index in [0.29, 0.717) is 29.4 Å². The number of hydrogen-bond donors (Lipinski definition) is 3. The highest BCUT2D eigenvalue weighted by Crippen LogP contribution is 2.19. The van der Waals surface area contributed by atoms with Gasteiger partial charge in [0.2, 0.25) is 11.8 Å². The van der Waals surface area contributed by atoms with Crippen LogP contribution in [-0.4, -0.2) is 18.4 Å². The summed E-state index contributed by atoms with van der Waals surface area (Å²) < 4.78 is 0. The summed E-state index contributed by atoms with van der Waals surface area (Å²) in [6.07, 6.45) is 0.326. The maximum absolute atomic E-state index is 12.0. The largest absolute Gasteiger partial charge is 0.384 e. The SMILES string of the molecule is CC(=O)Nc1cccc(NC(=O)CCNc2ccc(Cl)cc2C)c1. The van der Waals surface area contributed by atoms with E-state index in [1.807, 2.05) is 25.1 Å². The summed E-state index contributed by atoms with van der Waals surface area (Å²) in [7, 11) is 0. The van der Waals surface area contributed by atoms with Gasteiger partial charge in [0.25, 0.3) is 0 Å². The van der Waals surface area contributed by atoms with Crippen molar-refractivity contribution in [2.75, 3.05) is 22.5 Å². The summed E-state index contributed by atoms with van der Waals surface area (Å²) in [5, 5.41) is 9.40. The minimum absolute atomic E-state index is 0.103. The van der Waals surface area contributed by atoms with E-state index in [1.54, 1.807) is 24.3 Å². The minimum Gasteiger partial charge on any atom is -0.384 e. The Labute approximate surface area is 146 Å². The van der Waals surface area contributed by atoms with Crippen molar-refractivity contribution >= 4 is 40.5 Å². The predicted molar refractivity (Wildman–Crippen MR) is 98.7 cm³/mol.